The number of hydrogen-bond donors (Lipinski definition) is 0. The van der Waals surface area contributed by atoms with Gasteiger partial charge in [-0.1, -0.05) is 38.8 Å². The third-order valence-electron chi connectivity index (χ3n) is 1.57. The molecule has 0 saturated heterocycles. The van der Waals surface area contributed by atoms with Gasteiger partial charge in [-0.25, -0.2) is 0 Å². The van der Waals surface area contributed by atoms with E-state index in [4.69, 9.17) is 4.84 Å². The predicted molar refractivity (Wildman–Crippen MR) is 53.5 cm³/mol. The second-order valence-electron chi connectivity index (χ2n) is 2.99. The van der Waals surface area contributed by atoms with Crippen molar-refractivity contribution in [3.63, 3.8) is 0 Å². The molecule has 0 atom stereocenters. The molecule has 2 heteroatoms. The predicted octanol–water partition coefficient (Wildman–Crippen LogP) is 3.37. The molecular weight excluding hydrogens is 150 g/mol. The second kappa shape index (κ2) is 8.57. The molecule has 2 nitrogen and oxygen atoms in total. The highest BCUT2D eigenvalue weighted by atomic mass is 16.6. The Morgan fingerprint density at radius 2 is 1.58 bits per heavy atom. The number of hydrogen-bond acceptors (Lipinski definition) is 2. The Balaban J connectivity index is 3.64. The van der Waals surface area contributed by atoms with Gasteiger partial charge in [0.15, 0.2) is 0 Å². The molecule has 72 valence electrons. The highest BCUT2D eigenvalue weighted by Gasteiger charge is 1.96. The summed E-state index contributed by atoms with van der Waals surface area (Å²) in [5.74, 6) is 0. The van der Waals surface area contributed by atoms with Crippen molar-refractivity contribution < 1.29 is 4.84 Å². The molecule has 0 saturated carbocycles. The molecule has 0 N–H and O–H groups in total. The Kier molecular flexibility index (Phi) is 8.19. The van der Waals surface area contributed by atoms with E-state index in [1.165, 1.54) is 5.71 Å². The van der Waals surface area contributed by atoms with Crippen LogP contribution in [0.15, 0.2) is 5.16 Å². The molecule has 0 aromatic carbocycles. The molecule has 0 rings (SSSR count). The van der Waals surface area contributed by atoms with Gasteiger partial charge in [0, 0.05) is 0 Å². The summed E-state index contributed by atoms with van der Waals surface area (Å²) in [6.45, 7) is 7.18. The quantitative estimate of drug-likeness (QED) is 0.327. The fourth-order valence-electron chi connectivity index (χ4n) is 1.02. The van der Waals surface area contributed by atoms with Gasteiger partial charge in [0.1, 0.15) is 6.61 Å². The third-order valence-corrected chi connectivity index (χ3v) is 1.57. The molecule has 0 aromatic rings. The lowest BCUT2D eigenvalue weighted by atomic mass is 10.1. The Bertz CT molecular complexity index is 113. The van der Waals surface area contributed by atoms with Gasteiger partial charge >= 0.3 is 0 Å². The standard InChI is InChI=1S/C10H21NO/c1-4-7-10(8-5-2)11-12-9-6-3/h4-9H2,1-3H3. The van der Waals surface area contributed by atoms with Crippen molar-refractivity contribution in [2.24, 2.45) is 5.16 Å². The summed E-state index contributed by atoms with van der Waals surface area (Å²) >= 11 is 0. The van der Waals surface area contributed by atoms with Crippen molar-refractivity contribution in [3.05, 3.63) is 0 Å². The van der Waals surface area contributed by atoms with Crippen molar-refractivity contribution in [2.45, 2.75) is 52.9 Å². The normalized spacial score (nSPS) is 9.58. The van der Waals surface area contributed by atoms with Crippen LogP contribution in [-0.2, 0) is 4.84 Å². The van der Waals surface area contributed by atoms with Gasteiger partial charge in [-0.2, -0.15) is 0 Å². The summed E-state index contributed by atoms with van der Waals surface area (Å²) < 4.78 is 0. The van der Waals surface area contributed by atoms with Gasteiger partial charge in [-0.3, -0.25) is 0 Å². The molecular formula is C10H21NO. The van der Waals surface area contributed by atoms with E-state index in [0.717, 1.165) is 38.7 Å². The van der Waals surface area contributed by atoms with Crippen LogP contribution in [0.4, 0.5) is 0 Å². The van der Waals surface area contributed by atoms with Gasteiger partial charge in [0.25, 0.3) is 0 Å². The lowest BCUT2D eigenvalue weighted by Crippen LogP contribution is -1.99. The molecule has 0 unspecified atom stereocenters. The highest BCUT2D eigenvalue weighted by Crippen LogP contribution is 2.01. The van der Waals surface area contributed by atoms with Crippen LogP contribution >= 0.6 is 0 Å². The van der Waals surface area contributed by atoms with Crippen LogP contribution in [-0.4, -0.2) is 12.3 Å². The van der Waals surface area contributed by atoms with E-state index in [2.05, 4.69) is 25.9 Å². The van der Waals surface area contributed by atoms with E-state index in [-0.39, 0.29) is 0 Å². The van der Waals surface area contributed by atoms with Gasteiger partial charge in [0.05, 0.1) is 5.71 Å². The van der Waals surface area contributed by atoms with Crippen molar-refractivity contribution in [1.82, 2.24) is 0 Å². The Labute approximate surface area is 76.0 Å². The summed E-state index contributed by atoms with van der Waals surface area (Å²) in [4.78, 5) is 5.14. The van der Waals surface area contributed by atoms with E-state index in [1.807, 2.05) is 0 Å². The summed E-state index contributed by atoms with van der Waals surface area (Å²) in [6, 6.07) is 0. The maximum absolute atomic E-state index is 5.14. The van der Waals surface area contributed by atoms with E-state index < -0.39 is 0 Å². The van der Waals surface area contributed by atoms with E-state index in [1.54, 1.807) is 0 Å². The first kappa shape index (κ1) is 11.5. The van der Waals surface area contributed by atoms with Gasteiger partial charge < -0.3 is 4.84 Å². The van der Waals surface area contributed by atoms with E-state index in [0.29, 0.717) is 0 Å². The van der Waals surface area contributed by atoms with Crippen LogP contribution in [0.5, 0.6) is 0 Å². The van der Waals surface area contributed by atoms with Gasteiger partial charge in [-0.05, 0) is 19.3 Å². The van der Waals surface area contributed by atoms with Crippen molar-refractivity contribution >= 4 is 5.71 Å². The number of oxime groups is 1. The zero-order valence-corrected chi connectivity index (χ0v) is 8.60. The topological polar surface area (TPSA) is 21.6 Å². The monoisotopic (exact) mass is 171 g/mol. The molecule has 0 aromatic heterocycles. The average molecular weight is 171 g/mol. The lowest BCUT2D eigenvalue weighted by molar-refractivity contribution is 0.143. The first-order valence-electron chi connectivity index (χ1n) is 5.02. The third kappa shape index (κ3) is 6.20. The fraction of sp³-hybridized carbons (Fsp3) is 0.900. The zero-order chi connectivity index (χ0) is 9.23. The minimum Gasteiger partial charge on any atom is -0.396 e. The van der Waals surface area contributed by atoms with Crippen LogP contribution < -0.4 is 0 Å². The summed E-state index contributed by atoms with van der Waals surface area (Å²) in [7, 11) is 0. The Morgan fingerprint density at radius 1 is 1.00 bits per heavy atom. The smallest absolute Gasteiger partial charge is 0.116 e. The molecule has 0 spiro atoms. The van der Waals surface area contributed by atoms with E-state index >= 15 is 0 Å². The fourth-order valence-corrected chi connectivity index (χ4v) is 1.02. The second-order valence-corrected chi connectivity index (χ2v) is 2.99. The first-order valence-corrected chi connectivity index (χ1v) is 5.02. The van der Waals surface area contributed by atoms with Crippen LogP contribution in [0.3, 0.4) is 0 Å². The molecule has 0 heterocycles. The van der Waals surface area contributed by atoms with Crippen LogP contribution in [0.2, 0.25) is 0 Å². The summed E-state index contributed by atoms with van der Waals surface area (Å²) in [5, 5.41) is 4.11. The molecule has 0 radical (unpaired) electrons. The minimum atomic E-state index is 0.747. The first-order chi connectivity index (χ1) is 5.85. The van der Waals surface area contributed by atoms with Crippen LogP contribution in [0.25, 0.3) is 0 Å². The van der Waals surface area contributed by atoms with E-state index in [9.17, 15) is 0 Å². The summed E-state index contributed by atoms with van der Waals surface area (Å²) in [5.41, 5.74) is 1.22. The van der Waals surface area contributed by atoms with Crippen molar-refractivity contribution in [2.75, 3.05) is 6.61 Å². The van der Waals surface area contributed by atoms with Crippen molar-refractivity contribution in [3.8, 4) is 0 Å². The van der Waals surface area contributed by atoms with Gasteiger partial charge in [0.2, 0.25) is 0 Å². The largest absolute Gasteiger partial charge is 0.396 e. The molecule has 12 heavy (non-hydrogen) atoms. The molecule has 0 aliphatic rings. The maximum atomic E-state index is 5.14. The highest BCUT2D eigenvalue weighted by molar-refractivity contribution is 5.83. The van der Waals surface area contributed by atoms with Crippen LogP contribution in [0.1, 0.15) is 52.9 Å². The lowest BCUT2D eigenvalue weighted by Gasteiger charge is -2.02. The Morgan fingerprint density at radius 3 is 2.00 bits per heavy atom. The molecule has 0 aliphatic carbocycles. The van der Waals surface area contributed by atoms with Crippen molar-refractivity contribution in [1.29, 1.82) is 0 Å². The minimum absolute atomic E-state index is 0.747. The molecule has 0 amide bonds. The molecule has 0 bridgehead atoms. The zero-order valence-electron chi connectivity index (χ0n) is 8.60. The molecule has 0 aliphatic heterocycles. The maximum Gasteiger partial charge on any atom is 0.116 e. The Hall–Kier alpha value is -0.530. The van der Waals surface area contributed by atoms with Crippen LogP contribution in [0, 0.1) is 0 Å². The number of rotatable bonds is 7. The average Bonchev–Trinajstić information content (AvgIpc) is 2.06. The summed E-state index contributed by atoms with van der Waals surface area (Å²) in [6.07, 6.45) is 5.52. The van der Waals surface area contributed by atoms with Gasteiger partial charge in [-0.15, -0.1) is 0 Å². The number of nitrogens with zero attached hydrogens (tertiary/aromatic N) is 1. The SMILES string of the molecule is CCCON=C(CCC)CCC. The molecule has 0 fully saturated rings.